The average Bonchev–Trinajstić information content (AvgIpc) is 2.77. The standard InChI is InChI=1S/C12H18N2O3/c1-16-11-4-2-3-10(14-11)7-13-8-12(15)5-6-17-9-12/h2-4,13,15H,5-9H2,1H3. The van der Waals surface area contributed by atoms with Gasteiger partial charge in [-0.05, 0) is 6.07 Å². The third-order valence-corrected chi connectivity index (χ3v) is 2.83. The maximum absolute atomic E-state index is 10.0. The summed E-state index contributed by atoms with van der Waals surface area (Å²) >= 11 is 0. The van der Waals surface area contributed by atoms with Gasteiger partial charge in [0.05, 0.1) is 19.4 Å². The van der Waals surface area contributed by atoms with E-state index < -0.39 is 5.60 Å². The third kappa shape index (κ3) is 3.39. The van der Waals surface area contributed by atoms with E-state index in [0.717, 1.165) is 5.69 Å². The smallest absolute Gasteiger partial charge is 0.213 e. The van der Waals surface area contributed by atoms with Crippen LogP contribution in [0.1, 0.15) is 12.1 Å². The topological polar surface area (TPSA) is 63.6 Å². The molecule has 0 radical (unpaired) electrons. The van der Waals surface area contributed by atoms with E-state index in [1.54, 1.807) is 7.11 Å². The van der Waals surface area contributed by atoms with Crippen LogP contribution in [-0.2, 0) is 11.3 Å². The highest BCUT2D eigenvalue weighted by Crippen LogP contribution is 2.17. The van der Waals surface area contributed by atoms with Crippen molar-refractivity contribution in [3.05, 3.63) is 23.9 Å². The highest BCUT2D eigenvalue weighted by Gasteiger charge is 2.31. The molecule has 2 N–H and O–H groups in total. The molecule has 1 aliphatic rings. The van der Waals surface area contributed by atoms with Crippen LogP contribution >= 0.6 is 0 Å². The van der Waals surface area contributed by atoms with Crippen LogP contribution in [0, 0.1) is 0 Å². The first-order chi connectivity index (χ1) is 8.22. The van der Waals surface area contributed by atoms with Gasteiger partial charge in [-0.3, -0.25) is 0 Å². The number of pyridine rings is 1. The summed E-state index contributed by atoms with van der Waals surface area (Å²) in [5.74, 6) is 0.604. The van der Waals surface area contributed by atoms with E-state index in [9.17, 15) is 5.11 Å². The quantitative estimate of drug-likeness (QED) is 0.774. The van der Waals surface area contributed by atoms with Crippen LogP contribution in [0.4, 0.5) is 0 Å². The fourth-order valence-corrected chi connectivity index (χ4v) is 1.83. The van der Waals surface area contributed by atoms with Gasteiger partial charge in [-0.25, -0.2) is 4.98 Å². The van der Waals surface area contributed by atoms with Gasteiger partial charge in [0.15, 0.2) is 0 Å². The molecule has 1 aromatic heterocycles. The number of nitrogens with one attached hydrogen (secondary N) is 1. The zero-order valence-electron chi connectivity index (χ0n) is 9.98. The Morgan fingerprint density at radius 1 is 1.59 bits per heavy atom. The van der Waals surface area contributed by atoms with Gasteiger partial charge in [0, 0.05) is 32.2 Å². The van der Waals surface area contributed by atoms with Gasteiger partial charge in [0.1, 0.15) is 5.60 Å². The molecule has 1 atom stereocenters. The monoisotopic (exact) mass is 238 g/mol. The molecule has 1 aromatic rings. The number of aromatic nitrogens is 1. The molecule has 1 aliphatic heterocycles. The molecule has 0 bridgehead atoms. The third-order valence-electron chi connectivity index (χ3n) is 2.83. The highest BCUT2D eigenvalue weighted by molar-refractivity contribution is 5.15. The molecule has 1 unspecified atom stereocenters. The molecular weight excluding hydrogens is 220 g/mol. The van der Waals surface area contributed by atoms with E-state index in [2.05, 4.69) is 10.3 Å². The predicted molar refractivity (Wildman–Crippen MR) is 62.9 cm³/mol. The number of nitrogens with zero attached hydrogens (tertiary/aromatic N) is 1. The second-order valence-electron chi connectivity index (χ2n) is 4.30. The zero-order chi connectivity index (χ0) is 12.1. The molecule has 0 amide bonds. The van der Waals surface area contributed by atoms with Crippen molar-refractivity contribution in [2.24, 2.45) is 0 Å². The Morgan fingerprint density at radius 3 is 3.18 bits per heavy atom. The van der Waals surface area contributed by atoms with E-state index in [-0.39, 0.29) is 0 Å². The molecule has 17 heavy (non-hydrogen) atoms. The first kappa shape index (κ1) is 12.3. The second-order valence-corrected chi connectivity index (χ2v) is 4.30. The van der Waals surface area contributed by atoms with Gasteiger partial charge >= 0.3 is 0 Å². The largest absolute Gasteiger partial charge is 0.481 e. The summed E-state index contributed by atoms with van der Waals surface area (Å²) in [5, 5.41) is 13.2. The molecule has 0 aliphatic carbocycles. The SMILES string of the molecule is COc1cccc(CNCC2(O)CCOC2)n1. The van der Waals surface area contributed by atoms with E-state index in [0.29, 0.717) is 38.6 Å². The lowest BCUT2D eigenvalue weighted by Crippen LogP contribution is -2.40. The molecule has 1 saturated heterocycles. The lowest BCUT2D eigenvalue weighted by atomic mass is 10.0. The fraction of sp³-hybridized carbons (Fsp3) is 0.583. The minimum atomic E-state index is -0.723. The molecule has 0 spiro atoms. The summed E-state index contributed by atoms with van der Waals surface area (Å²) in [6.07, 6.45) is 0.686. The number of rotatable bonds is 5. The number of ether oxygens (including phenoxy) is 2. The number of hydrogen-bond acceptors (Lipinski definition) is 5. The number of hydrogen-bond donors (Lipinski definition) is 2. The number of methoxy groups -OCH3 is 1. The fourth-order valence-electron chi connectivity index (χ4n) is 1.83. The van der Waals surface area contributed by atoms with Crippen LogP contribution in [0.3, 0.4) is 0 Å². The summed E-state index contributed by atoms with van der Waals surface area (Å²) in [6.45, 7) is 2.17. The minimum Gasteiger partial charge on any atom is -0.481 e. The van der Waals surface area contributed by atoms with Crippen LogP contribution in [-0.4, -0.2) is 42.6 Å². The van der Waals surface area contributed by atoms with Crippen molar-refractivity contribution in [3.8, 4) is 5.88 Å². The molecule has 1 fully saturated rings. The molecule has 2 rings (SSSR count). The Morgan fingerprint density at radius 2 is 2.47 bits per heavy atom. The molecule has 2 heterocycles. The summed E-state index contributed by atoms with van der Waals surface area (Å²) in [6, 6.07) is 5.63. The molecule has 5 heteroatoms. The first-order valence-electron chi connectivity index (χ1n) is 5.73. The van der Waals surface area contributed by atoms with Gasteiger partial charge in [0.25, 0.3) is 0 Å². The Kier molecular flexibility index (Phi) is 3.93. The Hall–Kier alpha value is -1.17. The maximum atomic E-state index is 10.0. The molecule has 0 saturated carbocycles. The van der Waals surface area contributed by atoms with Crippen molar-refractivity contribution < 1.29 is 14.6 Å². The van der Waals surface area contributed by atoms with Crippen molar-refractivity contribution in [1.29, 1.82) is 0 Å². The number of aliphatic hydroxyl groups is 1. The van der Waals surface area contributed by atoms with Gasteiger partial charge in [-0.1, -0.05) is 6.07 Å². The Bertz CT molecular complexity index is 365. The van der Waals surface area contributed by atoms with Gasteiger partial charge in [-0.15, -0.1) is 0 Å². The van der Waals surface area contributed by atoms with E-state index in [1.165, 1.54) is 0 Å². The molecule has 0 aromatic carbocycles. The van der Waals surface area contributed by atoms with Crippen LogP contribution in [0.5, 0.6) is 5.88 Å². The van der Waals surface area contributed by atoms with Crippen molar-refractivity contribution in [3.63, 3.8) is 0 Å². The van der Waals surface area contributed by atoms with Gasteiger partial charge < -0.3 is 19.9 Å². The van der Waals surface area contributed by atoms with Gasteiger partial charge in [0.2, 0.25) is 5.88 Å². The highest BCUT2D eigenvalue weighted by atomic mass is 16.5. The van der Waals surface area contributed by atoms with Crippen molar-refractivity contribution in [2.45, 2.75) is 18.6 Å². The van der Waals surface area contributed by atoms with Crippen molar-refractivity contribution in [1.82, 2.24) is 10.3 Å². The normalized spacial score (nSPS) is 23.9. The average molecular weight is 238 g/mol. The van der Waals surface area contributed by atoms with E-state index >= 15 is 0 Å². The minimum absolute atomic E-state index is 0.408. The van der Waals surface area contributed by atoms with Crippen molar-refractivity contribution >= 4 is 0 Å². The molecular formula is C12H18N2O3. The van der Waals surface area contributed by atoms with Crippen LogP contribution in [0.15, 0.2) is 18.2 Å². The van der Waals surface area contributed by atoms with E-state index in [4.69, 9.17) is 9.47 Å². The predicted octanol–water partition coefficient (Wildman–Crippen LogP) is 0.331. The van der Waals surface area contributed by atoms with E-state index in [1.807, 2.05) is 18.2 Å². The van der Waals surface area contributed by atoms with Gasteiger partial charge in [-0.2, -0.15) is 0 Å². The van der Waals surface area contributed by atoms with Crippen molar-refractivity contribution in [2.75, 3.05) is 26.9 Å². The van der Waals surface area contributed by atoms with Crippen LogP contribution in [0.2, 0.25) is 0 Å². The summed E-state index contributed by atoms with van der Waals surface area (Å²) in [7, 11) is 1.60. The summed E-state index contributed by atoms with van der Waals surface area (Å²) < 4.78 is 10.2. The van der Waals surface area contributed by atoms with Crippen LogP contribution < -0.4 is 10.1 Å². The maximum Gasteiger partial charge on any atom is 0.213 e. The summed E-state index contributed by atoms with van der Waals surface area (Å²) in [4.78, 5) is 4.28. The lowest BCUT2D eigenvalue weighted by molar-refractivity contribution is 0.0268. The second kappa shape index (κ2) is 5.44. The Balaban J connectivity index is 1.81. The summed E-state index contributed by atoms with van der Waals surface area (Å²) in [5.41, 5.74) is 0.172. The molecule has 94 valence electrons. The molecule has 5 nitrogen and oxygen atoms in total. The van der Waals surface area contributed by atoms with Crippen LogP contribution in [0.25, 0.3) is 0 Å². The zero-order valence-corrected chi connectivity index (χ0v) is 9.98. The Labute approximate surface area is 101 Å². The lowest BCUT2D eigenvalue weighted by Gasteiger charge is -2.20. The first-order valence-corrected chi connectivity index (χ1v) is 5.73.